The second kappa shape index (κ2) is 5.18. The Labute approximate surface area is 71.6 Å². The Morgan fingerprint density at radius 3 is 2.64 bits per heavy atom. The summed E-state index contributed by atoms with van der Waals surface area (Å²) < 4.78 is 7.02. The second-order valence-corrected chi connectivity index (χ2v) is 3.18. The molecule has 0 aliphatic carbocycles. The highest BCUT2D eigenvalue weighted by molar-refractivity contribution is 8.13. The minimum absolute atomic E-state index is 0.247. The molecule has 1 N–H and O–H groups in total. The van der Waals surface area contributed by atoms with Crippen LogP contribution in [0.3, 0.4) is 0 Å². The van der Waals surface area contributed by atoms with Crippen LogP contribution in [0.5, 0.6) is 0 Å². The molecule has 0 bridgehead atoms. The minimum atomic E-state index is -0.909. The zero-order valence-electron chi connectivity index (χ0n) is 7.53. The van der Waals surface area contributed by atoms with E-state index in [1.807, 2.05) is 0 Å². The zero-order chi connectivity index (χ0) is 9.72. The fourth-order valence-electron chi connectivity index (χ4n) is 0.362. The van der Waals surface area contributed by atoms with Gasteiger partial charge in [-0.15, -0.1) is 0 Å². The number of carbonyl (C=O) groups excluding carboxylic acids is 1. The largest absolute Gasteiger partial charge is 0.481 e. The Balaban J connectivity index is 3.69. The summed E-state index contributed by atoms with van der Waals surface area (Å²) in [5.74, 6) is -1.19. The van der Waals surface area contributed by atoms with E-state index in [4.69, 9.17) is 6.48 Å². The van der Waals surface area contributed by atoms with E-state index in [9.17, 15) is 9.59 Å². The van der Waals surface area contributed by atoms with Crippen LogP contribution < -0.4 is 0 Å². The summed E-state index contributed by atoms with van der Waals surface area (Å²) in [5.41, 5.74) is 0. The molecule has 0 aromatic heterocycles. The van der Waals surface area contributed by atoms with Crippen LogP contribution in [-0.4, -0.2) is 21.9 Å². The maximum atomic E-state index is 10.9. The Bertz CT molecular complexity index is 181. The van der Waals surface area contributed by atoms with Gasteiger partial charge in [-0.05, 0) is 0 Å². The molecule has 0 rings (SSSR count). The maximum absolute atomic E-state index is 10.9. The first-order valence-electron chi connectivity index (χ1n) is 3.84. The van der Waals surface area contributed by atoms with E-state index < -0.39 is 18.3 Å². The predicted molar refractivity (Wildman–Crippen MR) is 44.6 cm³/mol. The quantitative estimate of drug-likeness (QED) is 0.704. The zero-order valence-corrected chi connectivity index (χ0v) is 7.35. The van der Waals surface area contributed by atoms with Gasteiger partial charge < -0.3 is 5.11 Å². The normalized spacial score (nSPS) is 16.7. The third-order valence-electron chi connectivity index (χ3n) is 1.13. The number of carboxylic acids is 1. The minimum Gasteiger partial charge on any atom is -0.481 e. The van der Waals surface area contributed by atoms with Crippen molar-refractivity contribution in [1.82, 2.24) is 0 Å². The molecule has 64 valence electrons. The van der Waals surface area contributed by atoms with Crippen molar-refractivity contribution in [3.63, 3.8) is 0 Å². The van der Waals surface area contributed by atoms with E-state index in [2.05, 4.69) is 0 Å². The molecule has 0 aliphatic rings. The molecule has 3 nitrogen and oxygen atoms in total. The fourth-order valence-corrected chi connectivity index (χ4v) is 1.09. The molecule has 0 amide bonds. The van der Waals surface area contributed by atoms with E-state index in [0.717, 1.165) is 11.8 Å². The highest BCUT2D eigenvalue weighted by Gasteiger charge is 2.12. The van der Waals surface area contributed by atoms with Crippen LogP contribution in [0.2, 0.25) is 0 Å². The number of carbonyl (C=O) groups is 2. The van der Waals surface area contributed by atoms with E-state index in [-0.39, 0.29) is 10.9 Å². The standard InChI is InChI=1S/C7H12O3S/c1-3-6(8)11-4-5(2)7(9)10/h5H,3-4H2,1-2H3,(H,9,10)/i3D. The van der Waals surface area contributed by atoms with Gasteiger partial charge in [-0.2, -0.15) is 0 Å². The van der Waals surface area contributed by atoms with Crippen LogP contribution in [0.15, 0.2) is 0 Å². The lowest BCUT2D eigenvalue weighted by Gasteiger charge is -2.02. The van der Waals surface area contributed by atoms with Crippen molar-refractivity contribution in [3.05, 3.63) is 0 Å². The van der Waals surface area contributed by atoms with Crippen molar-refractivity contribution < 1.29 is 16.1 Å². The summed E-state index contributed by atoms with van der Waals surface area (Å²) >= 11 is 0.914. The molecule has 0 saturated carbocycles. The third-order valence-corrected chi connectivity index (χ3v) is 2.32. The van der Waals surface area contributed by atoms with Crippen LogP contribution in [0.25, 0.3) is 0 Å². The molecule has 0 aromatic carbocycles. The second-order valence-electron chi connectivity index (χ2n) is 2.16. The number of rotatable bonds is 4. The fraction of sp³-hybridized carbons (Fsp3) is 0.714. The molecule has 4 heteroatoms. The summed E-state index contributed by atoms with van der Waals surface area (Å²) in [6.45, 7) is 3.01. The first-order chi connectivity index (χ1) is 5.45. The SMILES string of the molecule is [2H]C(C)C(=O)SCC(C)C(=O)O. The number of carboxylic acid groups (broad SMARTS) is 1. The van der Waals surface area contributed by atoms with E-state index in [1.165, 1.54) is 13.8 Å². The first kappa shape index (κ1) is 8.59. The summed E-state index contributed by atoms with van der Waals surface area (Å²) in [5, 5.41) is 8.19. The average molecular weight is 177 g/mol. The average Bonchev–Trinajstić information content (AvgIpc) is 1.98. The van der Waals surface area contributed by atoms with Crippen molar-refractivity contribution in [2.24, 2.45) is 5.92 Å². The molecule has 0 aliphatic heterocycles. The summed E-state index contributed by atoms with van der Waals surface area (Å²) in [6, 6.07) is 0. The van der Waals surface area contributed by atoms with Crippen LogP contribution in [0.4, 0.5) is 0 Å². The lowest BCUT2D eigenvalue weighted by atomic mass is 10.2. The number of aliphatic carboxylic acids is 1. The summed E-state index contributed by atoms with van der Waals surface area (Å²) in [4.78, 5) is 21.2. The predicted octanol–water partition coefficient (Wildman–Crippen LogP) is 1.38. The molecular formula is C7H12O3S. The molecular weight excluding hydrogens is 164 g/mol. The molecule has 0 spiro atoms. The van der Waals surface area contributed by atoms with Gasteiger partial charge in [0.15, 0.2) is 5.12 Å². The van der Waals surface area contributed by atoms with Crippen LogP contribution >= 0.6 is 11.8 Å². The Morgan fingerprint density at radius 1 is 1.73 bits per heavy atom. The highest BCUT2D eigenvalue weighted by Crippen LogP contribution is 2.10. The highest BCUT2D eigenvalue weighted by atomic mass is 32.2. The molecule has 2 unspecified atom stereocenters. The van der Waals surface area contributed by atoms with Gasteiger partial charge >= 0.3 is 5.97 Å². The van der Waals surface area contributed by atoms with Crippen LogP contribution in [0, 0.1) is 5.92 Å². The van der Waals surface area contributed by atoms with E-state index in [0.29, 0.717) is 0 Å². The topological polar surface area (TPSA) is 54.4 Å². The molecule has 11 heavy (non-hydrogen) atoms. The van der Waals surface area contributed by atoms with E-state index in [1.54, 1.807) is 0 Å². The molecule has 2 atom stereocenters. The smallest absolute Gasteiger partial charge is 0.307 e. The van der Waals surface area contributed by atoms with Crippen LogP contribution in [-0.2, 0) is 9.59 Å². The number of thioether (sulfide) groups is 1. The summed E-state index contributed by atoms with van der Waals surface area (Å²) in [7, 11) is 0. The Morgan fingerprint density at radius 2 is 2.27 bits per heavy atom. The van der Waals surface area contributed by atoms with Crippen molar-refractivity contribution in [3.8, 4) is 0 Å². The maximum Gasteiger partial charge on any atom is 0.307 e. The third kappa shape index (κ3) is 4.84. The first-order valence-corrected chi connectivity index (χ1v) is 4.25. The molecule has 0 fully saturated rings. The van der Waals surface area contributed by atoms with Gasteiger partial charge in [0.05, 0.1) is 5.92 Å². The van der Waals surface area contributed by atoms with Crippen molar-refractivity contribution >= 4 is 22.8 Å². The van der Waals surface area contributed by atoms with Gasteiger partial charge in [0.1, 0.15) is 0 Å². The lowest BCUT2D eigenvalue weighted by molar-refractivity contribution is -0.140. The van der Waals surface area contributed by atoms with Gasteiger partial charge in [0.25, 0.3) is 0 Å². The monoisotopic (exact) mass is 177 g/mol. The van der Waals surface area contributed by atoms with Crippen molar-refractivity contribution in [2.75, 3.05) is 5.75 Å². The van der Waals surface area contributed by atoms with Gasteiger partial charge in [0, 0.05) is 13.5 Å². The number of hydrogen-bond acceptors (Lipinski definition) is 3. The molecule has 0 saturated heterocycles. The molecule has 0 heterocycles. The van der Waals surface area contributed by atoms with Crippen molar-refractivity contribution in [2.45, 2.75) is 20.2 Å². The molecule has 0 aromatic rings. The lowest BCUT2D eigenvalue weighted by Crippen LogP contribution is -2.12. The Kier molecular flexibility index (Phi) is 4.04. The summed E-state index contributed by atoms with van der Waals surface area (Å²) in [6.07, 6.45) is -0.768. The molecule has 0 radical (unpaired) electrons. The van der Waals surface area contributed by atoms with Crippen molar-refractivity contribution in [1.29, 1.82) is 0 Å². The number of hydrogen-bond donors (Lipinski definition) is 1. The van der Waals surface area contributed by atoms with Crippen LogP contribution in [0.1, 0.15) is 21.6 Å². The Hall–Kier alpha value is -0.510. The van der Waals surface area contributed by atoms with Gasteiger partial charge in [-0.25, -0.2) is 0 Å². The van der Waals surface area contributed by atoms with Gasteiger partial charge in [0.2, 0.25) is 0 Å². The van der Waals surface area contributed by atoms with Gasteiger partial charge in [-0.1, -0.05) is 25.6 Å². The van der Waals surface area contributed by atoms with E-state index >= 15 is 0 Å². The van der Waals surface area contributed by atoms with Gasteiger partial charge in [-0.3, -0.25) is 9.59 Å².